The van der Waals surface area contributed by atoms with E-state index < -0.39 is 23.4 Å². The molecule has 4 aromatic rings. The number of benzene rings is 3. The Morgan fingerprint density at radius 1 is 0.857 bits per heavy atom. The Morgan fingerprint density at radius 2 is 1.54 bits per heavy atom. The van der Waals surface area contributed by atoms with Crippen molar-refractivity contribution in [1.29, 1.82) is 0 Å². The molecule has 0 bridgehead atoms. The molecule has 0 saturated heterocycles. The molecule has 7 heteroatoms. The second kappa shape index (κ2) is 9.41. The van der Waals surface area contributed by atoms with E-state index >= 15 is 0 Å². The third kappa shape index (κ3) is 4.72. The fraction of sp³-hybridized carbons (Fsp3) is 0.143. The van der Waals surface area contributed by atoms with Gasteiger partial charge in [0, 0.05) is 21.4 Å². The van der Waals surface area contributed by atoms with Gasteiger partial charge in [0.15, 0.2) is 0 Å². The molecule has 0 aliphatic rings. The van der Waals surface area contributed by atoms with Crippen LogP contribution >= 0.6 is 7.53 Å². The van der Waals surface area contributed by atoms with E-state index in [0.29, 0.717) is 0 Å². The van der Waals surface area contributed by atoms with Crippen LogP contribution in [0, 0.1) is 0 Å². The quantitative estimate of drug-likeness (QED) is 0.264. The van der Waals surface area contributed by atoms with E-state index in [4.69, 9.17) is 4.74 Å². The van der Waals surface area contributed by atoms with Gasteiger partial charge in [-0.3, -0.25) is 0 Å². The molecule has 0 radical (unpaired) electrons. The first-order chi connectivity index (χ1) is 13.0. The van der Waals surface area contributed by atoms with E-state index in [2.05, 4.69) is 48.5 Å². The molecule has 1 heterocycles. The summed E-state index contributed by atoms with van der Waals surface area (Å²) in [5.41, 5.74) is 0. The molecular formula is C21H18KO4PS. The maximum atomic E-state index is 10.8. The van der Waals surface area contributed by atoms with Gasteiger partial charge in [0.2, 0.25) is 0 Å². The average molecular weight is 437 g/mol. The molecule has 4 nitrogen and oxygen atoms in total. The van der Waals surface area contributed by atoms with Crippen LogP contribution in [-0.2, 0) is 10.1 Å². The van der Waals surface area contributed by atoms with Crippen molar-refractivity contribution in [1.82, 2.24) is 0 Å². The molecule has 4 rings (SSSR count). The van der Waals surface area contributed by atoms with Crippen LogP contribution in [0.15, 0.2) is 72.8 Å². The summed E-state index contributed by atoms with van der Waals surface area (Å²) < 4.78 is 38.2. The summed E-state index contributed by atoms with van der Waals surface area (Å²) in [6.07, 6.45) is 0.185. The van der Waals surface area contributed by atoms with Crippen LogP contribution < -0.4 is 56.1 Å². The minimum Gasteiger partial charge on any atom is -0.748 e. The first-order valence-electron chi connectivity index (χ1n) is 8.68. The van der Waals surface area contributed by atoms with Crippen molar-refractivity contribution in [2.75, 3.05) is 12.4 Å². The van der Waals surface area contributed by atoms with Gasteiger partial charge in [0.05, 0.1) is 16.7 Å². The largest absolute Gasteiger partial charge is 1.00 e. The van der Waals surface area contributed by atoms with Crippen LogP contribution in [0.1, 0.15) is 6.42 Å². The van der Waals surface area contributed by atoms with E-state index in [9.17, 15) is 13.0 Å². The number of hydrogen-bond donors (Lipinski definition) is 0. The van der Waals surface area contributed by atoms with Gasteiger partial charge >= 0.3 is 51.4 Å². The van der Waals surface area contributed by atoms with Crippen molar-refractivity contribution >= 4 is 38.7 Å². The van der Waals surface area contributed by atoms with Gasteiger partial charge in [-0.25, -0.2) is 8.42 Å². The fourth-order valence-corrected chi connectivity index (χ4v) is 6.49. The predicted octanol–water partition coefficient (Wildman–Crippen LogP) is 2.29. The van der Waals surface area contributed by atoms with Gasteiger partial charge in [0.1, 0.15) is 5.75 Å². The second-order valence-corrected chi connectivity index (χ2v) is 9.98. The SMILES string of the molecule is O=S(=O)([O-])CCCOc1cccc2c1c1ccccc1p2-c1ccccc1.[K+]. The number of ether oxygens (including phenoxy) is 1. The van der Waals surface area contributed by atoms with Gasteiger partial charge in [0.25, 0.3) is 0 Å². The molecular weight excluding hydrogens is 418 g/mol. The van der Waals surface area contributed by atoms with Crippen molar-refractivity contribution < 1.29 is 69.1 Å². The van der Waals surface area contributed by atoms with Crippen LogP contribution in [0.4, 0.5) is 0 Å². The fourth-order valence-electron chi connectivity index (χ4n) is 3.38. The Hall–Kier alpha value is -0.694. The van der Waals surface area contributed by atoms with Gasteiger partial charge < -0.3 is 9.29 Å². The van der Waals surface area contributed by atoms with Crippen molar-refractivity contribution in [2.45, 2.75) is 6.42 Å². The molecule has 0 amide bonds. The molecule has 0 N–H and O–H groups in total. The van der Waals surface area contributed by atoms with Crippen LogP contribution in [-0.4, -0.2) is 25.3 Å². The minimum absolute atomic E-state index is 0. The van der Waals surface area contributed by atoms with E-state index in [-0.39, 0.29) is 64.4 Å². The summed E-state index contributed by atoms with van der Waals surface area (Å²) in [7, 11) is -4.86. The minimum atomic E-state index is -4.21. The Kier molecular flexibility index (Phi) is 7.40. The van der Waals surface area contributed by atoms with Crippen LogP contribution in [0.5, 0.6) is 5.75 Å². The van der Waals surface area contributed by atoms with Crippen molar-refractivity contribution in [3.63, 3.8) is 0 Å². The molecule has 0 spiro atoms. The third-order valence-corrected chi connectivity index (χ3v) is 7.80. The second-order valence-electron chi connectivity index (χ2n) is 6.30. The van der Waals surface area contributed by atoms with E-state index in [1.54, 1.807) is 0 Å². The van der Waals surface area contributed by atoms with Crippen molar-refractivity contribution in [3.05, 3.63) is 72.8 Å². The first-order valence-corrected chi connectivity index (χ1v) is 11.6. The maximum absolute atomic E-state index is 10.8. The topological polar surface area (TPSA) is 66.4 Å². The Balaban J connectivity index is 0.00000225. The number of rotatable bonds is 6. The van der Waals surface area contributed by atoms with Gasteiger partial charge in [-0.1, -0.05) is 68.2 Å². The smallest absolute Gasteiger partial charge is 0.748 e. The van der Waals surface area contributed by atoms with E-state index in [1.165, 1.54) is 15.5 Å². The molecule has 3 aromatic carbocycles. The summed E-state index contributed by atoms with van der Waals surface area (Å²) in [5, 5.41) is 6.06. The molecule has 1 atom stereocenters. The predicted molar refractivity (Wildman–Crippen MR) is 110 cm³/mol. The summed E-state index contributed by atoms with van der Waals surface area (Å²) in [6, 6.07) is 24.8. The Morgan fingerprint density at radius 3 is 2.29 bits per heavy atom. The first kappa shape index (κ1) is 22.0. The van der Waals surface area contributed by atoms with E-state index in [1.807, 2.05) is 24.3 Å². The Bertz CT molecular complexity index is 1200. The molecule has 28 heavy (non-hydrogen) atoms. The zero-order chi connectivity index (χ0) is 18.9. The monoisotopic (exact) mass is 436 g/mol. The summed E-state index contributed by atoms with van der Waals surface area (Å²) in [4.78, 5) is 0. The van der Waals surface area contributed by atoms with Gasteiger partial charge in [-0.05, 0) is 29.2 Å². The third-order valence-electron chi connectivity index (χ3n) is 4.47. The van der Waals surface area contributed by atoms with Crippen molar-refractivity contribution in [3.8, 4) is 11.1 Å². The molecule has 1 unspecified atom stereocenters. The van der Waals surface area contributed by atoms with Crippen LogP contribution in [0.2, 0.25) is 0 Å². The normalized spacial score (nSPS) is 12.1. The molecule has 138 valence electrons. The molecule has 0 aliphatic carbocycles. The van der Waals surface area contributed by atoms with E-state index in [0.717, 1.165) is 16.5 Å². The van der Waals surface area contributed by atoms with Crippen molar-refractivity contribution in [2.24, 2.45) is 0 Å². The maximum Gasteiger partial charge on any atom is 1.00 e. The van der Waals surface area contributed by atoms with Crippen LogP contribution in [0.3, 0.4) is 0 Å². The molecule has 0 aliphatic heterocycles. The van der Waals surface area contributed by atoms with Crippen LogP contribution in [0.25, 0.3) is 26.3 Å². The molecule has 0 fully saturated rings. The molecule has 1 aromatic heterocycles. The summed E-state index contributed by atoms with van der Waals surface area (Å²) >= 11 is 0. The number of fused-ring (bicyclic) bond motifs is 3. The zero-order valence-electron chi connectivity index (χ0n) is 15.5. The standard InChI is InChI=1S/C21H19O4PS.K/c22-27(23,24)15-7-14-25-18-11-6-13-20-21(18)17-10-4-5-12-19(17)26(20)16-8-2-1-3-9-16;/h1-6,8-13H,7,14-15H2,(H,22,23,24);/q;+1/p-1. The summed E-state index contributed by atoms with van der Waals surface area (Å²) in [6.45, 7) is 0.198. The Labute approximate surface area is 208 Å². The number of hydrogen-bond acceptors (Lipinski definition) is 4. The average Bonchev–Trinajstić information content (AvgIpc) is 3.00. The molecule has 0 saturated carbocycles. The van der Waals surface area contributed by atoms with Gasteiger partial charge in [-0.2, -0.15) is 0 Å². The summed E-state index contributed by atoms with van der Waals surface area (Å²) in [5.74, 6) is 0.333. The van der Waals surface area contributed by atoms with Gasteiger partial charge in [-0.15, -0.1) is 0 Å². The zero-order valence-corrected chi connectivity index (χ0v) is 20.4.